The fourth-order valence-electron chi connectivity index (χ4n) is 3.35. The van der Waals surface area contributed by atoms with Gasteiger partial charge in [0, 0.05) is 36.4 Å². The quantitative estimate of drug-likeness (QED) is 0.519. The van der Waals surface area contributed by atoms with Gasteiger partial charge >= 0.3 is 5.97 Å². The zero-order valence-electron chi connectivity index (χ0n) is 14.5. The maximum Gasteiger partial charge on any atom is 0.327 e. The third-order valence-corrected chi connectivity index (χ3v) is 6.19. The van der Waals surface area contributed by atoms with Gasteiger partial charge in [-0.3, -0.25) is 14.4 Å². The molecule has 2 saturated heterocycles. The summed E-state index contributed by atoms with van der Waals surface area (Å²) in [6.45, 7) is 3.37. The average molecular weight is 381 g/mol. The van der Waals surface area contributed by atoms with Crippen molar-refractivity contribution in [2.45, 2.75) is 42.3 Å². The van der Waals surface area contributed by atoms with E-state index in [0.717, 1.165) is 0 Å². The summed E-state index contributed by atoms with van der Waals surface area (Å²) in [5.74, 6) is -2.16. The Hall–Kier alpha value is -2.33. The molecule has 0 aromatic carbocycles. The van der Waals surface area contributed by atoms with Gasteiger partial charge in [0.05, 0.1) is 0 Å². The molecule has 3 heterocycles. The zero-order valence-corrected chi connectivity index (χ0v) is 15.3. The summed E-state index contributed by atoms with van der Waals surface area (Å²) in [5.41, 5.74) is -1.77. The average Bonchev–Trinajstić information content (AvgIpc) is 2.84. The molecule has 0 saturated carbocycles. The fraction of sp³-hybridized carbons (Fsp3) is 0.500. The highest BCUT2D eigenvalue weighted by atomic mass is 32.2. The number of carboxylic acids is 1. The van der Waals surface area contributed by atoms with Crippen molar-refractivity contribution in [1.82, 2.24) is 14.8 Å². The molecule has 2 aliphatic heterocycles. The van der Waals surface area contributed by atoms with Crippen molar-refractivity contribution in [3.63, 3.8) is 0 Å². The molecule has 9 nitrogen and oxygen atoms in total. The molecule has 0 bridgehead atoms. The first-order valence-electron chi connectivity index (χ1n) is 7.88. The van der Waals surface area contributed by atoms with E-state index >= 15 is 0 Å². The Morgan fingerprint density at radius 3 is 2.46 bits per heavy atom. The Morgan fingerprint density at radius 2 is 1.92 bits per heavy atom. The number of carbonyl (C=O) groups is 3. The third-order valence-electron chi connectivity index (χ3n) is 4.57. The van der Waals surface area contributed by atoms with Crippen LogP contribution in [0.2, 0.25) is 0 Å². The number of hydrogen-bond donors (Lipinski definition) is 2. The number of carbonyl (C=O) groups excluding carboxylic acids is 2. The number of fused-ring (bicyclic) bond motifs is 1. The minimum absolute atomic E-state index is 0.109. The number of ether oxygens (including phenoxy) is 1. The molecule has 2 amide bonds. The highest BCUT2D eigenvalue weighted by Crippen LogP contribution is 2.55. The lowest BCUT2D eigenvalue weighted by atomic mass is 9.93. The van der Waals surface area contributed by atoms with Crippen LogP contribution in [0.4, 0.5) is 0 Å². The van der Waals surface area contributed by atoms with E-state index in [-0.39, 0.29) is 12.0 Å². The molecule has 0 radical (unpaired) electrons. The van der Waals surface area contributed by atoms with Gasteiger partial charge in [-0.15, -0.1) is 11.8 Å². The smallest absolute Gasteiger partial charge is 0.327 e. The molecule has 1 aromatic heterocycles. The van der Waals surface area contributed by atoms with Crippen molar-refractivity contribution in [3.8, 4) is 0 Å². The van der Waals surface area contributed by atoms with Crippen molar-refractivity contribution < 1.29 is 24.2 Å². The standard InChI is InChI=1S/C16H19N3O6S/c1-15(2)11(12(22)23)19-13(24)16(25-3,14(19)26-15)17-10(21)8-18-6-4-9(20)5-7-18/h4-7,11,14H,8H2,1-3H3,(H,17,21)(H,22,23)/t11-,14+,16-/m0/s1. The van der Waals surface area contributed by atoms with Gasteiger partial charge in [0.15, 0.2) is 5.43 Å². The summed E-state index contributed by atoms with van der Waals surface area (Å²) in [6, 6.07) is 1.65. The van der Waals surface area contributed by atoms with Crippen LogP contribution in [0.15, 0.2) is 29.3 Å². The molecule has 0 spiro atoms. The summed E-state index contributed by atoms with van der Waals surface area (Å²) in [4.78, 5) is 49.0. The molecular weight excluding hydrogens is 362 g/mol. The number of hydrogen-bond acceptors (Lipinski definition) is 6. The van der Waals surface area contributed by atoms with E-state index in [1.807, 2.05) is 0 Å². The fourth-order valence-corrected chi connectivity index (χ4v) is 5.02. The second kappa shape index (κ2) is 6.13. The molecular formula is C16H19N3O6S. The van der Waals surface area contributed by atoms with Gasteiger partial charge in [-0.2, -0.15) is 0 Å². The zero-order chi connectivity index (χ0) is 19.3. The van der Waals surface area contributed by atoms with Crippen LogP contribution in [0.3, 0.4) is 0 Å². The summed E-state index contributed by atoms with van der Waals surface area (Å²) in [6.07, 6.45) is 2.92. The Balaban J connectivity index is 1.79. The maximum atomic E-state index is 12.7. The molecule has 0 aliphatic carbocycles. The summed E-state index contributed by atoms with van der Waals surface area (Å²) >= 11 is 1.28. The van der Waals surface area contributed by atoms with Gasteiger partial charge in [0.2, 0.25) is 5.91 Å². The summed E-state index contributed by atoms with van der Waals surface area (Å²) in [5, 5.41) is 11.4. The lowest BCUT2D eigenvalue weighted by molar-refractivity contribution is -0.201. The number of methoxy groups -OCH3 is 1. The first kappa shape index (κ1) is 18.5. The number of nitrogens with zero attached hydrogens (tertiary/aromatic N) is 2. The summed E-state index contributed by atoms with van der Waals surface area (Å²) < 4.78 is 6.12. The largest absolute Gasteiger partial charge is 0.480 e. The van der Waals surface area contributed by atoms with Gasteiger partial charge < -0.3 is 24.6 Å². The van der Waals surface area contributed by atoms with Crippen molar-refractivity contribution in [2.75, 3.05) is 7.11 Å². The molecule has 10 heteroatoms. The number of thioether (sulfide) groups is 1. The van der Waals surface area contributed by atoms with Gasteiger partial charge in [0.1, 0.15) is 18.0 Å². The molecule has 1 aromatic rings. The number of rotatable bonds is 5. The molecule has 3 atom stereocenters. The first-order valence-corrected chi connectivity index (χ1v) is 8.76. The van der Waals surface area contributed by atoms with E-state index in [4.69, 9.17) is 4.74 Å². The van der Waals surface area contributed by atoms with E-state index < -0.39 is 39.7 Å². The van der Waals surface area contributed by atoms with Crippen LogP contribution in [0.25, 0.3) is 0 Å². The number of aromatic nitrogens is 1. The monoisotopic (exact) mass is 381 g/mol. The Kier molecular flexibility index (Phi) is 4.35. The van der Waals surface area contributed by atoms with Crippen molar-refractivity contribution in [1.29, 1.82) is 0 Å². The van der Waals surface area contributed by atoms with E-state index in [0.29, 0.717) is 0 Å². The Morgan fingerprint density at radius 1 is 1.31 bits per heavy atom. The first-order chi connectivity index (χ1) is 12.1. The van der Waals surface area contributed by atoms with Gasteiger partial charge in [-0.25, -0.2) is 4.79 Å². The van der Waals surface area contributed by atoms with Gasteiger partial charge in [-0.1, -0.05) is 0 Å². The number of nitrogens with one attached hydrogen (secondary N) is 1. The molecule has 2 aliphatic rings. The van der Waals surface area contributed by atoms with E-state index in [9.17, 15) is 24.3 Å². The number of β-lactam (4-membered cyclic amide) rings is 1. The lowest BCUT2D eigenvalue weighted by Gasteiger charge is -2.51. The van der Waals surface area contributed by atoms with Crippen LogP contribution in [-0.2, 0) is 25.7 Å². The number of amides is 2. The van der Waals surface area contributed by atoms with E-state index in [2.05, 4.69) is 5.32 Å². The minimum Gasteiger partial charge on any atom is -0.480 e. The van der Waals surface area contributed by atoms with E-state index in [1.54, 1.807) is 13.8 Å². The highest BCUT2D eigenvalue weighted by molar-refractivity contribution is 8.01. The second-order valence-electron chi connectivity index (χ2n) is 6.72. The van der Waals surface area contributed by atoms with Crippen LogP contribution in [0, 0.1) is 0 Å². The molecule has 140 valence electrons. The Labute approximate surface area is 153 Å². The SMILES string of the molecule is CO[C@@]1(NC(=O)Cn2ccc(=O)cc2)C(=O)N2[C@@H](C(=O)O)C(C)(C)S[C@@H]21. The van der Waals surface area contributed by atoms with Crippen LogP contribution in [-0.4, -0.2) is 61.4 Å². The third kappa shape index (κ3) is 2.69. The second-order valence-corrected chi connectivity index (χ2v) is 8.46. The van der Waals surface area contributed by atoms with Crippen LogP contribution in [0.1, 0.15) is 13.8 Å². The lowest BCUT2D eigenvalue weighted by Crippen LogP contribution is -2.80. The normalized spacial score (nSPS) is 29.0. The number of carboxylic acid groups (broad SMARTS) is 1. The molecule has 3 rings (SSSR count). The van der Waals surface area contributed by atoms with Crippen molar-refractivity contribution >= 4 is 29.5 Å². The van der Waals surface area contributed by atoms with Gasteiger partial charge in [-0.05, 0) is 13.8 Å². The number of pyridine rings is 1. The van der Waals surface area contributed by atoms with Crippen LogP contribution >= 0.6 is 11.8 Å². The predicted molar refractivity (Wildman–Crippen MR) is 92.3 cm³/mol. The highest BCUT2D eigenvalue weighted by Gasteiger charge is 2.73. The Bertz CT molecular complexity index is 817. The predicted octanol–water partition coefficient (Wildman–Crippen LogP) is -0.546. The van der Waals surface area contributed by atoms with Crippen LogP contribution in [0.5, 0.6) is 0 Å². The minimum atomic E-state index is -1.59. The van der Waals surface area contributed by atoms with Crippen LogP contribution < -0.4 is 10.7 Å². The van der Waals surface area contributed by atoms with Gasteiger partial charge in [0.25, 0.3) is 11.6 Å². The summed E-state index contributed by atoms with van der Waals surface area (Å²) in [7, 11) is 1.30. The van der Waals surface area contributed by atoms with Crippen molar-refractivity contribution in [3.05, 3.63) is 34.7 Å². The molecule has 2 N–H and O–H groups in total. The molecule has 26 heavy (non-hydrogen) atoms. The number of aliphatic carboxylic acids is 1. The van der Waals surface area contributed by atoms with Crippen molar-refractivity contribution in [2.24, 2.45) is 0 Å². The molecule has 2 fully saturated rings. The van der Waals surface area contributed by atoms with E-state index in [1.165, 1.54) is 52.9 Å². The topological polar surface area (TPSA) is 118 Å². The maximum absolute atomic E-state index is 12.7. The molecule has 0 unspecified atom stereocenters.